The molecule has 0 aromatic heterocycles. The van der Waals surface area contributed by atoms with Gasteiger partial charge in [-0.25, -0.2) is 0 Å². The molecule has 1 saturated heterocycles. The first-order chi connectivity index (χ1) is 7.68. The Morgan fingerprint density at radius 2 is 2.00 bits per heavy atom. The highest BCUT2D eigenvalue weighted by molar-refractivity contribution is 5.94. The van der Waals surface area contributed by atoms with Gasteiger partial charge in [0.15, 0.2) is 0 Å². The van der Waals surface area contributed by atoms with Crippen molar-refractivity contribution in [3.8, 4) is 0 Å². The molecule has 1 aliphatic heterocycles. The van der Waals surface area contributed by atoms with Crippen molar-refractivity contribution >= 4 is 18.3 Å². The molecule has 0 radical (unpaired) electrons. The second-order valence-electron chi connectivity index (χ2n) is 4.43. The van der Waals surface area contributed by atoms with Crippen molar-refractivity contribution in [1.29, 1.82) is 0 Å². The van der Waals surface area contributed by atoms with Crippen LogP contribution in [0, 0.1) is 6.92 Å². The average Bonchev–Trinajstić information content (AvgIpc) is 2.81. The molecule has 1 aromatic rings. The summed E-state index contributed by atoms with van der Waals surface area (Å²) in [5.41, 5.74) is 1.96. The monoisotopic (exact) mass is 254 g/mol. The Hall–Kier alpha value is -1.06. The van der Waals surface area contributed by atoms with Crippen LogP contribution in [0.15, 0.2) is 24.3 Å². The van der Waals surface area contributed by atoms with Crippen molar-refractivity contribution in [1.82, 2.24) is 10.2 Å². The normalized spacial score (nSPS) is 18.6. The van der Waals surface area contributed by atoms with Crippen LogP contribution in [0.1, 0.15) is 22.3 Å². The quantitative estimate of drug-likeness (QED) is 0.874. The highest BCUT2D eigenvalue weighted by Crippen LogP contribution is 2.12. The topological polar surface area (TPSA) is 32.3 Å². The lowest BCUT2D eigenvalue weighted by atomic mass is 10.1. The molecule has 1 aliphatic rings. The zero-order valence-corrected chi connectivity index (χ0v) is 11.1. The van der Waals surface area contributed by atoms with E-state index >= 15 is 0 Å². The lowest BCUT2D eigenvalue weighted by molar-refractivity contribution is 0.0744. The van der Waals surface area contributed by atoms with Crippen LogP contribution < -0.4 is 5.32 Å². The van der Waals surface area contributed by atoms with E-state index in [-0.39, 0.29) is 18.3 Å². The Labute approximate surface area is 109 Å². The van der Waals surface area contributed by atoms with Crippen LogP contribution in [0.3, 0.4) is 0 Å². The molecule has 1 aromatic carbocycles. The summed E-state index contributed by atoms with van der Waals surface area (Å²) >= 11 is 0. The Balaban J connectivity index is 0.00000144. The molecular weight excluding hydrogens is 236 g/mol. The molecule has 2 rings (SSSR count). The maximum absolute atomic E-state index is 12.1. The minimum absolute atomic E-state index is 0. The second-order valence-corrected chi connectivity index (χ2v) is 4.43. The van der Waals surface area contributed by atoms with E-state index in [0.29, 0.717) is 6.04 Å². The maximum Gasteiger partial charge on any atom is 0.253 e. The van der Waals surface area contributed by atoms with Crippen LogP contribution in [0.25, 0.3) is 0 Å². The van der Waals surface area contributed by atoms with Gasteiger partial charge in [-0.05, 0) is 32.0 Å². The van der Waals surface area contributed by atoms with Crippen molar-refractivity contribution in [2.45, 2.75) is 19.4 Å². The number of hydrogen-bond acceptors (Lipinski definition) is 2. The molecule has 0 unspecified atom stereocenters. The summed E-state index contributed by atoms with van der Waals surface area (Å²) in [4.78, 5) is 14.0. The number of benzene rings is 1. The third-order valence-corrected chi connectivity index (χ3v) is 3.20. The fraction of sp³-hybridized carbons (Fsp3) is 0.462. The summed E-state index contributed by atoms with van der Waals surface area (Å²) < 4.78 is 0. The van der Waals surface area contributed by atoms with Gasteiger partial charge < -0.3 is 10.2 Å². The van der Waals surface area contributed by atoms with Crippen LogP contribution in [0.2, 0.25) is 0 Å². The van der Waals surface area contributed by atoms with Gasteiger partial charge in [0.2, 0.25) is 0 Å². The number of aryl methyl sites for hydroxylation is 1. The third-order valence-electron chi connectivity index (χ3n) is 3.20. The molecule has 1 N–H and O–H groups in total. The number of amides is 1. The number of likely N-dealkylation sites (N-methyl/N-ethyl adjacent to an activating group) is 1. The van der Waals surface area contributed by atoms with E-state index in [1.165, 1.54) is 5.56 Å². The summed E-state index contributed by atoms with van der Waals surface area (Å²) in [5.74, 6) is 0.119. The van der Waals surface area contributed by atoms with Crippen molar-refractivity contribution in [3.63, 3.8) is 0 Å². The van der Waals surface area contributed by atoms with Gasteiger partial charge in [-0.15, -0.1) is 12.4 Å². The van der Waals surface area contributed by atoms with Crippen LogP contribution >= 0.6 is 12.4 Å². The predicted molar refractivity (Wildman–Crippen MR) is 71.8 cm³/mol. The van der Waals surface area contributed by atoms with E-state index in [0.717, 1.165) is 25.1 Å². The van der Waals surface area contributed by atoms with E-state index < -0.39 is 0 Å². The lowest BCUT2D eigenvalue weighted by Crippen LogP contribution is -2.38. The average molecular weight is 255 g/mol. The molecule has 0 bridgehead atoms. The SMILES string of the molecule is Cc1ccc(C(=O)N(C)[C@H]2CCNC2)cc1.Cl. The summed E-state index contributed by atoms with van der Waals surface area (Å²) in [6, 6.07) is 8.10. The molecule has 4 heteroatoms. The Bertz CT molecular complexity index is 372. The summed E-state index contributed by atoms with van der Waals surface area (Å²) in [6.07, 6.45) is 1.05. The van der Waals surface area contributed by atoms with E-state index in [4.69, 9.17) is 0 Å². The van der Waals surface area contributed by atoms with E-state index in [1.54, 1.807) is 0 Å². The first kappa shape index (κ1) is 14.0. The van der Waals surface area contributed by atoms with Gasteiger partial charge in [-0.3, -0.25) is 4.79 Å². The molecule has 0 saturated carbocycles. The van der Waals surface area contributed by atoms with Crippen molar-refractivity contribution in [2.75, 3.05) is 20.1 Å². The van der Waals surface area contributed by atoms with Crippen LogP contribution in [-0.4, -0.2) is 37.0 Å². The number of nitrogens with one attached hydrogen (secondary N) is 1. The number of hydrogen-bond donors (Lipinski definition) is 1. The fourth-order valence-electron chi connectivity index (χ4n) is 2.04. The molecule has 0 aliphatic carbocycles. The molecule has 1 amide bonds. The fourth-order valence-corrected chi connectivity index (χ4v) is 2.04. The Morgan fingerprint density at radius 3 is 2.53 bits per heavy atom. The van der Waals surface area contributed by atoms with Crippen LogP contribution in [0.4, 0.5) is 0 Å². The van der Waals surface area contributed by atoms with Crippen molar-refractivity contribution < 1.29 is 4.79 Å². The van der Waals surface area contributed by atoms with Gasteiger partial charge in [0, 0.05) is 25.2 Å². The molecule has 3 nitrogen and oxygen atoms in total. The molecule has 94 valence electrons. The molecule has 0 spiro atoms. The number of nitrogens with zero attached hydrogens (tertiary/aromatic N) is 1. The Kier molecular flexibility index (Phi) is 4.97. The van der Waals surface area contributed by atoms with Gasteiger partial charge in [-0.1, -0.05) is 17.7 Å². The highest BCUT2D eigenvalue weighted by Gasteiger charge is 2.23. The Morgan fingerprint density at radius 1 is 1.35 bits per heavy atom. The molecule has 1 atom stereocenters. The molecule has 1 heterocycles. The summed E-state index contributed by atoms with van der Waals surface area (Å²) in [6.45, 7) is 3.95. The first-order valence-electron chi connectivity index (χ1n) is 5.73. The number of carbonyl (C=O) groups is 1. The molecule has 1 fully saturated rings. The molecular formula is C13H19ClN2O. The van der Waals surface area contributed by atoms with E-state index in [1.807, 2.05) is 43.1 Å². The minimum atomic E-state index is 0. The van der Waals surface area contributed by atoms with Gasteiger partial charge in [-0.2, -0.15) is 0 Å². The van der Waals surface area contributed by atoms with Crippen LogP contribution in [-0.2, 0) is 0 Å². The predicted octanol–water partition coefficient (Wildman–Crippen LogP) is 1.85. The standard InChI is InChI=1S/C13H18N2O.ClH/c1-10-3-5-11(6-4-10)13(16)15(2)12-7-8-14-9-12;/h3-6,12,14H,7-9H2,1-2H3;1H/t12-;/m0./s1. The van der Waals surface area contributed by atoms with Gasteiger partial charge in [0.25, 0.3) is 5.91 Å². The largest absolute Gasteiger partial charge is 0.337 e. The van der Waals surface area contributed by atoms with Crippen molar-refractivity contribution in [3.05, 3.63) is 35.4 Å². The summed E-state index contributed by atoms with van der Waals surface area (Å²) in [7, 11) is 1.89. The highest BCUT2D eigenvalue weighted by atomic mass is 35.5. The van der Waals surface area contributed by atoms with E-state index in [2.05, 4.69) is 5.32 Å². The minimum Gasteiger partial charge on any atom is -0.337 e. The van der Waals surface area contributed by atoms with Crippen molar-refractivity contribution in [2.24, 2.45) is 0 Å². The zero-order valence-electron chi connectivity index (χ0n) is 10.3. The zero-order chi connectivity index (χ0) is 11.5. The second kappa shape index (κ2) is 6.03. The van der Waals surface area contributed by atoms with E-state index in [9.17, 15) is 4.79 Å². The summed E-state index contributed by atoms with van der Waals surface area (Å²) in [5, 5.41) is 3.27. The number of carbonyl (C=O) groups excluding carboxylic acids is 1. The first-order valence-corrected chi connectivity index (χ1v) is 5.73. The maximum atomic E-state index is 12.1. The lowest BCUT2D eigenvalue weighted by Gasteiger charge is -2.23. The van der Waals surface area contributed by atoms with Gasteiger partial charge >= 0.3 is 0 Å². The molecule has 17 heavy (non-hydrogen) atoms. The van der Waals surface area contributed by atoms with Gasteiger partial charge in [0.05, 0.1) is 0 Å². The van der Waals surface area contributed by atoms with Gasteiger partial charge in [0.1, 0.15) is 0 Å². The third kappa shape index (κ3) is 3.20. The number of halogens is 1. The smallest absolute Gasteiger partial charge is 0.253 e. The van der Waals surface area contributed by atoms with Crippen LogP contribution in [0.5, 0.6) is 0 Å². The number of rotatable bonds is 2.